The standard InChI is InChI=1S/C14H22ClN3O2S/c1-3-16-9-11-4-5-13(8-14(11)15)21(19,20)17-12-6-7-18(2)10-12/h4-5,8,12,16-17H,3,6-7,9-10H2,1-2H3. The number of sulfonamides is 1. The molecular formula is C14H22ClN3O2S. The van der Waals surface area contributed by atoms with Gasteiger partial charge in [-0.3, -0.25) is 0 Å². The molecule has 1 aromatic carbocycles. The van der Waals surface area contributed by atoms with Gasteiger partial charge in [0.1, 0.15) is 0 Å². The normalized spacial score (nSPS) is 20.0. The van der Waals surface area contributed by atoms with Crippen molar-refractivity contribution in [3.05, 3.63) is 28.8 Å². The molecule has 0 aromatic heterocycles. The van der Waals surface area contributed by atoms with Crippen LogP contribution in [0.4, 0.5) is 0 Å². The molecule has 1 aliphatic rings. The first-order valence-electron chi connectivity index (χ1n) is 7.12. The number of rotatable bonds is 6. The number of nitrogens with zero attached hydrogens (tertiary/aromatic N) is 1. The number of benzene rings is 1. The fraction of sp³-hybridized carbons (Fsp3) is 0.571. The fourth-order valence-electron chi connectivity index (χ4n) is 2.42. The molecule has 5 nitrogen and oxygen atoms in total. The van der Waals surface area contributed by atoms with Gasteiger partial charge in [-0.05, 0) is 44.3 Å². The van der Waals surface area contributed by atoms with Crippen molar-refractivity contribution >= 4 is 21.6 Å². The van der Waals surface area contributed by atoms with E-state index < -0.39 is 10.0 Å². The SMILES string of the molecule is CCNCc1ccc(S(=O)(=O)NC2CCN(C)C2)cc1Cl. The maximum atomic E-state index is 12.4. The summed E-state index contributed by atoms with van der Waals surface area (Å²) in [6.07, 6.45) is 0.835. The highest BCUT2D eigenvalue weighted by Crippen LogP contribution is 2.21. The number of nitrogens with one attached hydrogen (secondary N) is 2. The highest BCUT2D eigenvalue weighted by molar-refractivity contribution is 7.89. The third-order valence-electron chi connectivity index (χ3n) is 3.61. The van der Waals surface area contributed by atoms with Crippen LogP contribution >= 0.6 is 11.6 Å². The summed E-state index contributed by atoms with van der Waals surface area (Å²) in [5.74, 6) is 0. The van der Waals surface area contributed by atoms with Crippen LogP contribution in [0.2, 0.25) is 5.02 Å². The largest absolute Gasteiger partial charge is 0.313 e. The summed E-state index contributed by atoms with van der Waals surface area (Å²) in [6.45, 7) is 5.14. The van der Waals surface area contributed by atoms with E-state index in [-0.39, 0.29) is 10.9 Å². The molecule has 118 valence electrons. The number of likely N-dealkylation sites (N-methyl/N-ethyl adjacent to an activating group) is 1. The van der Waals surface area contributed by atoms with E-state index in [0.717, 1.165) is 31.6 Å². The molecule has 1 atom stereocenters. The molecule has 0 bridgehead atoms. The molecule has 7 heteroatoms. The van der Waals surface area contributed by atoms with Crippen molar-refractivity contribution in [3.63, 3.8) is 0 Å². The van der Waals surface area contributed by atoms with Gasteiger partial charge in [0.2, 0.25) is 10.0 Å². The van der Waals surface area contributed by atoms with Crippen molar-refractivity contribution in [2.45, 2.75) is 30.8 Å². The molecule has 1 unspecified atom stereocenters. The van der Waals surface area contributed by atoms with Crippen LogP contribution in [-0.4, -0.2) is 46.0 Å². The van der Waals surface area contributed by atoms with Crippen LogP contribution in [0.5, 0.6) is 0 Å². The average molecular weight is 332 g/mol. The molecule has 2 rings (SSSR count). The van der Waals surface area contributed by atoms with E-state index in [1.807, 2.05) is 14.0 Å². The first-order valence-corrected chi connectivity index (χ1v) is 8.98. The van der Waals surface area contributed by atoms with Crippen LogP contribution < -0.4 is 10.0 Å². The fourth-order valence-corrected chi connectivity index (χ4v) is 4.02. The Balaban J connectivity index is 2.11. The molecular weight excluding hydrogens is 310 g/mol. The zero-order valence-electron chi connectivity index (χ0n) is 12.4. The first-order chi connectivity index (χ1) is 9.92. The Hall–Kier alpha value is -0.660. The molecule has 1 heterocycles. The summed E-state index contributed by atoms with van der Waals surface area (Å²) in [4.78, 5) is 2.34. The van der Waals surface area contributed by atoms with Crippen molar-refractivity contribution in [3.8, 4) is 0 Å². The second kappa shape index (κ2) is 7.07. The first kappa shape index (κ1) is 16.7. The Kier molecular flexibility index (Phi) is 5.62. The van der Waals surface area contributed by atoms with Gasteiger partial charge >= 0.3 is 0 Å². The Labute approximate surface area is 131 Å². The minimum atomic E-state index is -3.51. The topological polar surface area (TPSA) is 61.4 Å². The van der Waals surface area contributed by atoms with Crippen LogP contribution in [0.15, 0.2) is 23.1 Å². The zero-order valence-corrected chi connectivity index (χ0v) is 14.0. The van der Waals surface area contributed by atoms with E-state index >= 15 is 0 Å². The maximum absolute atomic E-state index is 12.4. The molecule has 1 saturated heterocycles. The number of hydrogen-bond acceptors (Lipinski definition) is 4. The summed E-state index contributed by atoms with van der Waals surface area (Å²) < 4.78 is 27.5. The highest BCUT2D eigenvalue weighted by Gasteiger charge is 2.25. The van der Waals surface area contributed by atoms with Gasteiger partial charge < -0.3 is 10.2 Å². The Bertz CT molecular complexity index is 592. The van der Waals surface area contributed by atoms with E-state index in [0.29, 0.717) is 11.6 Å². The zero-order chi connectivity index (χ0) is 15.5. The summed E-state index contributed by atoms with van der Waals surface area (Å²) >= 11 is 6.17. The van der Waals surface area contributed by atoms with Crippen LogP contribution in [0.3, 0.4) is 0 Å². The van der Waals surface area contributed by atoms with Crippen LogP contribution in [0.1, 0.15) is 18.9 Å². The van der Waals surface area contributed by atoms with Gasteiger partial charge in [0.25, 0.3) is 0 Å². The lowest BCUT2D eigenvalue weighted by Gasteiger charge is -2.14. The second-order valence-corrected chi connectivity index (χ2v) is 7.52. The van der Waals surface area contributed by atoms with Gasteiger partial charge in [0.05, 0.1) is 4.90 Å². The quantitative estimate of drug-likeness (QED) is 0.828. The van der Waals surface area contributed by atoms with Crippen LogP contribution in [0, 0.1) is 0 Å². The van der Waals surface area contributed by atoms with E-state index in [2.05, 4.69) is 14.9 Å². The molecule has 1 fully saturated rings. The number of hydrogen-bond donors (Lipinski definition) is 2. The summed E-state index contributed by atoms with van der Waals surface area (Å²) in [7, 11) is -1.52. The summed E-state index contributed by atoms with van der Waals surface area (Å²) in [5, 5.41) is 3.65. The lowest BCUT2D eigenvalue weighted by atomic mass is 10.2. The molecule has 0 spiro atoms. The van der Waals surface area contributed by atoms with Crippen molar-refractivity contribution in [2.75, 3.05) is 26.7 Å². The molecule has 0 radical (unpaired) electrons. The predicted molar refractivity (Wildman–Crippen MR) is 85.1 cm³/mol. The van der Waals surface area contributed by atoms with Gasteiger partial charge in [-0.2, -0.15) is 0 Å². The predicted octanol–water partition coefficient (Wildman–Crippen LogP) is 1.43. The molecule has 21 heavy (non-hydrogen) atoms. The monoisotopic (exact) mass is 331 g/mol. The minimum Gasteiger partial charge on any atom is -0.313 e. The average Bonchev–Trinajstić information content (AvgIpc) is 2.82. The van der Waals surface area contributed by atoms with Crippen molar-refractivity contribution in [1.82, 2.24) is 14.9 Å². The lowest BCUT2D eigenvalue weighted by Crippen LogP contribution is -2.36. The molecule has 1 aliphatic heterocycles. The third-order valence-corrected chi connectivity index (χ3v) is 5.48. The Morgan fingerprint density at radius 3 is 2.76 bits per heavy atom. The van der Waals surface area contributed by atoms with Gasteiger partial charge in [0, 0.05) is 24.2 Å². The number of likely N-dealkylation sites (tertiary alicyclic amines) is 1. The molecule has 0 amide bonds. The van der Waals surface area contributed by atoms with Gasteiger partial charge in [-0.25, -0.2) is 13.1 Å². The van der Waals surface area contributed by atoms with Gasteiger partial charge in [0.15, 0.2) is 0 Å². The Morgan fingerprint density at radius 1 is 1.43 bits per heavy atom. The number of halogens is 1. The van der Waals surface area contributed by atoms with E-state index in [9.17, 15) is 8.42 Å². The van der Waals surface area contributed by atoms with E-state index in [1.165, 1.54) is 6.07 Å². The van der Waals surface area contributed by atoms with Gasteiger partial charge in [-0.15, -0.1) is 0 Å². The van der Waals surface area contributed by atoms with Crippen molar-refractivity contribution < 1.29 is 8.42 Å². The molecule has 0 saturated carbocycles. The van der Waals surface area contributed by atoms with Crippen LogP contribution in [0.25, 0.3) is 0 Å². The van der Waals surface area contributed by atoms with Crippen LogP contribution in [-0.2, 0) is 16.6 Å². The molecule has 0 aliphatic carbocycles. The smallest absolute Gasteiger partial charge is 0.240 e. The minimum absolute atomic E-state index is 0.0276. The van der Waals surface area contributed by atoms with E-state index in [4.69, 9.17) is 11.6 Å². The third kappa shape index (κ3) is 4.40. The van der Waals surface area contributed by atoms with Crippen molar-refractivity contribution in [2.24, 2.45) is 0 Å². The molecule has 2 N–H and O–H groups in total. The van der Waals surface area contributed by atoms with Crippen molar-refractivity contribution in [1.29, 1.82) is 0 Å². The van der Waals surface area contributed by atoms with Gasteiger partial charge in [-0.1, -0.05) is 24.6 Å². The highest BCUT2D eigenvalue weighted by atomic mass is 35.5. The lowest BCUT2D eigenvalue weighted by molar-refractivity contribution is 0.407. The van der Waals surface area contributed by atoms with E-state index in [1.54, 1.807) is 12.1 Å². The second-order valence-electron chi connectivity index (χ2n) is 5.40. The Morgan fingerprint density at radius 2 is 2.19 bits per heavy atom. The molecule has 1 aromatic rings. The summed E-state index contributed by atoms with van der Waals surface area (Å²) in [6, 6.07) is 4.87. The maximum Gasteiger partial charge on any atom is 0.240 e. The summed E-state index contributed by atoms with van der Waals surface area (Å²) in [5.41, 5.74) is 0.901.